The van der Waals surface area contributed by atoms with Crippen LogP contribution in [0.15, 0.2) is 54.7 Å². The normalized spacial score (nSPS) is 25.0. The molecule has 0 radical (unpaired) electrons. The Balaban J connectivity index is 1.22. The third-order valence-electron chi connectivity index (χ3n) is 6.33. The van der Waals surface area contributed by atoms with Crippen molar-refractivity contribution in [3.63, 3.8) is 0 Å². The molecule has 3 nitrogen and oxygen atoms in total. The van der Waals surface area contributed by atoms with Crippen molar-refractivity contribution in [2.75, 3.05) is 19.7 Å². The van der Waals surface area contributed by atoms with Gasteiger partial charge in [-0.25, -0.2) is 0 Å². The summed E-state index contributed by atoms with van der Waals surface area (Å²) < 4.78 is 6.10. The number of nitrogens with zero attached hydrogens (tertiary/aromatic N) is 1. The maximum Gasteiger partial charge on any atom is 0.119 e. The third kappa shape index (κ3) is 2.71. The molecule has 26 heavy (non-hydrogen) atoms. The molecule has 1 aliphatic heterocycles. The van der Waals surface area contributed by atoms with Crippen LogP contribution in [0.4, 0.5) is 0 Å². The number of H-pyrrole nitrogens is 1. The molecule has 1 aromatic heterocycles. The zero-order valence-electron chi connectivity index (χ0n) is 15.5. The lowest BCUT2D eigenvalue weighted by molar-refractivity contribution is 0.206. The first-order valence-electron chi connectivity index (χ1n) is 9.74. The van der Waals surface area contributed by atoms with Crippen molar-refractivity contribution in [1.82, 2.24) is 9.88 Å². The van der Waals surface area contributed by atoms with Crippen LogP contribution in [0, 0.1) is 17.8 Å². The molecule has 2 unspecified atom stereocenters. The molecule has 3 heteroatoms. The number of piperidine rings is 1. The molecule has 1 saturated heterocycles. The van der Waals surface area contributed by atoms with Crippen LogP contribution in [0.1, 0.15) is 13.8 Å². The number of rotatable bonds is 5. The predicted molar refractivity (Wildman–Crippen MR) is 106 cm³/mol. The summed E-state index contributed by atoms with van der Waals surface area (Å²) in [5.74, 6) is 3.48. The van der Waals surface area contributed by atoms with E-state index in [0.29, 0.717) is 6.04 Å². The highest BCUT2D eigenvalue weighted by Crippen LogP contribution is 2.52. The van der Waals surface area contributed by atoms with Crippen LogP contribution in [0.5, 0.6) is 5.75 Å². The zero-order valence-corrected chi connectivity index (χ0v) is 15.5. The van der Waals surface area contributed by atoms with Gasteiger partial charge in [-0.3, -0.25) is 0 Å². The van der Waals surface area contributed by atoms with E-state index < -0.39 is 0 Å². The Bertz CT molecular complexity index is 899. The molecule has 2 aromatic carbocycles. The van der Waals surface area contributed by atoms with Crippen molar-refractivity contribution < 1.29 is 4.74 Å². The Kier molecular flexibility index (Phi) is 3.79. The molecule has 1 saturated carbocycles. The lowest BCUT2D eigenvalue weighted by Crippen LogP contribution is -2.31. The number of benzene rings is 2. The third-order valence-corrected chi connectivity index (χ3v) is 6.33. The van der Waals surface area contributed by atoms with Gasteiger partial charge in [-0.15, -0.1) is 0 Å². The van der Waals surface area contributed by atoms with Crippen LogP contribution in [0.3, 0.4) is 0 Å². The summed E-state index contributed by atoms with van der Waals surface area (Å²) in [4.78, 5) is 5.88. The molecular formula is C23H26N2O. The quantitative estimate of drug-likeness (QED) is 0.719. The largest absolute Gasteiger partial charge is 0.493 e. The monoisotopic (exact) mass is 346 g/mol. The van der Waals surface area contributed by atoms with Crippen LogP contribution >= 0.6 is 0 Å². The first-order chi connectivity index (χ1) is 12.7. The Hall–Kier alpha value is -2.26. The van der Waals surface area contributed by atoms with E-state index >= 15 is 0 Å². The van der Waals surface area contributed by atoms with Crippen molar-refractivity contribution in [1.29, 1.82) is 0 Å². The van der Waals surface area contributed by atoms with E-state index in [4.69, 9.17) is 4.74 Å². The summed E-state index contributed by atoms with van der Waals surface area (Å²) in [6.07, 6.45) is 2.00. The minimum Gasteiger partial charge on any atom is -0.493 e. The molecule has 2 heterocycles. The van der Waals surface area contributed by atoms with Gasteiger partial charge in [0.25, 0.3) is 0 Å². The summed E-state index contributed by atoms with van der Waals surface area (Å²) in [7, 11) is 0. The average Bonchev–Trinajstić information content (AvgIpc) is 3.05. The highest BCUT2D eigenvalue weighted by atomic mass is 16.5. The molecule has 134 valence electrons. The number of likely N-dealkylation sites (tertiary alicyclic amines) is 1. The number of hydrogen-bond acceptors (Lipinski definition) is 2. The van der Waals surface area contributed by atoms with Gasteiger partial charge in [0.2, 0.25) is 0 Å². The zero-order chi connectivity index (χ0) is 17.7. The first kappa shape index (κ1) is 16.0. The molecule has 2 aliphatic rings. The van der Waals surface area contributed by atoms with E-state index in [9.17, 15) is 0 Å². The smallest absolute Gasteiger partial charge is 0.119 e. The minimum absolute atomic E-state index is 0.682. The van der Waals surface area contributed by atoms with Gasteiger partial charge in [0.1, 0.15) is 5.75 Å². The standard InChI is InChI=1S/C23H26N2O/c1-15(2)25-12-20-21(13-25)22(20)14-26-17-8-6-16(7-9-17)18-4-3-5-23-19(18)10-11-24-23/h3-11,15,20-22,24H,12-14H2,1-2H3. The van der Waals surface area contributed by atoms with Crippen molar-refractivity contribution in [3.8, 4) is 16.9 Å². The fourth-order valence-electron chi connectivity index (χ4n) is 4.61. The van der Waals surface area contributed by atoms with Gasteiger partial charge in [-0.05, 0) is 61.1 Å². The summed E-state index contributed by atoms with van der Waals surface area (Å²) in [5, 5.41) is 1.27. The van der Waals surface area contributed by atoms with E-state index in [1.807, 2.05) is 6.20 Å². The number of ether oxygens (including phenoxy) is 1. The van der Waals surface area contributed by atoms with Crippen LogP contribution in [0.25, 0.3) is 22.0 Å². The molecule has 3 aromatic rings. The Morgan fingerprint density at radius 2 is 1.81 bits per heavy atom. The fraction of sp³-hybridized carbons (Fsp3) is 0.391. The minimum atomic E-state index is 0.682. The second-order valence-electron chi connectivity index (χ2n) is 8.12. The first-order valence-corrected chi connectivity index (χ1v) is 9.74. The molecule has 0 spiro atoms. The summed E-state index contributed by atoms with van der Waals surface area (Å²) >= 11 is 0. The van der Waals surface area contributed by atoms with E-state index in [2.05, 4.69) is 72.3 Å². The van der Waals surface area contributed by atoms with Gasteiger partial charge in [0.15, 0.2) is 0 Å². The number of nitrogens with one attached hydrogen (secondary N) is 1. The van der Waals surface area contributed by atoms with Gasteiger partial charge in [0.05, 0.1) is 6.61 Å². The van der Waals surface area contributed by atoms with E-state index in [-0.39, 0.29) is 0 Å². The van der Waals surface area contributed by atoms with Gasteiger partial charge in [0, 0.05) is 42.1 Å². The van der Waals surface area contributed by atoms with Crippen LogP contribution in [0.2, 0.25) is 0 Å². The van der Waals surface area contributed by atoms with Gasteiger partial charge in [-0.2, -0.15) is 0 Å². The Morgan fingerprint density at radius 3 is 2.54 bits per heavy atom. The molecule has 2 fully saturated rings. The highest BCUT2D eigenvalue weighted by Gasteiger charge is 2.56. The molecule has 5 rings (SSSR count). The number of aromatic nitrogens is 1. The van der Waals surface area contributed by atoms with Crippen molar-refractivity contribution in [2.45, 2.75) is 19.9 Å². The summed E-state index contributed by atoms with van der Waals surface area (Å²) in [6.45, 7) is 7.98. The molecule has 0 bridgehead atoms. The second kappa shape index (κ2) is 6.17. The molecular weight excluding hydrogens is 320 g/mol. The van der Waals surface area contributed by atoms with Crippen LogP contribution in [-0.2, 0) is 0 Å². The summed E-state index contributed by atoms with van der Waals surface area (Å²) in [5.41, 5.74) is 3.68. The van der Waals surface area contributed by atoms with Gasteiger partial charge < -0.3 is 14.6 Å². The van der Waals surface area contributed by atoms with Crippen LogP contribution in [-0.4, -0.2) is 35.6 Å². The van der Waals surface area contributed by atoms with Crippen LogP contribution < -0.4 is 4.74 Å². The number of aromatic amines is 1. The predicted octanol–water partition coefficient (Wildman–Crippen LogP) is 4.80. The topological polar surface area (TPSA) is 28.3 Å². The fourth-order valence-corrected chi connectivity index (χ4v) is 4.61. The SMILES string of the molecule is CC(C)N1CC2C(COc3ccc(-c4cccc5[nH]ccc45)cc3)C2C1. The van der Waals surface area contributed by atoms with Crippen molar-refractivity contribution >= 4 is 10.9 Å². The van der Waals surface area contributed by atoms with Gasteiger partial charge in [-0.1, -0.05) is 24.3 Å². The maximum atomic E-state index is 6.10. The maximum absolute atomic E-state index is 6.10. The van der Waals surface area contributed by atoms with E-state index in [0.717, 1.165) is 30.1 Å². The number of fused-ring (bicyclic) bond motifs is 2. The van der Waals surface area contributed by atoms with Gasteiger partial charge >= 0.3 is 0 Å². The average molecular weight is 346 g/mol. The number of hydrogen-bond donors (Lipinski definition) is 1. The van der Waals surface area contributed by atoms with Crippen molar-refractivity contribution in [2.24, 2.45) is 17.8 Å². The summed E-state index contributed by atoms with van der Waals surface area (Å²) in [6, 6.07) is 17.8. The molecule has 1 aliphatic carbocycles. The van der Waals surface area contributed by atoms with E-state index in [1.54, 1.807) is 0 Å². The highest BCUT2D eigenvalue weighted by molar-refractivity contribution is 5.95. The van der Waals surface area contributed by atoms with Crippen molar-refractivity contribution in [3.05, 3.63) is 54.7 Å². The molecule has 2 atom stereocenters. The molecule has 0 amide bonds. The lowest BCUT2D eigenvalue weighted by atomic mass is 10.0. The Labute approximate surface area is 155 Å². The van der Waals surface area contributed by atoms with E-state index in [1.165, 1.54) is 35.1 Å². The Morgan fingerprint density at radius 1 is 1.04 bits per heavy atom. The molecule has 1 N–H and O–H groups in total. The second-order valence-corrected chi connectivity index (χ2v) is 8.12. The lowest BCUT2D eigenvalue weighted by Gasteiger charge is -2.23.